The number of carboxylic acid groups (broad SMARTS) is 1. The van der Waals surface area contributed by atoms with Crippen LogP contribution in [0.4, 0.5) is 5.69 Å². The standard InChI is InChI=1S/C16H22N2O3/c1-11(2)12-4-3-5-14(8-12)17-15(19)10-18-7-6-13(9-18)16(20)21/h3-5,8,11,13H,6-7,9-10H2,1-2H3,(H,17,19)(H,20,21). The Labute approximate surface area is 125 Å². The molecule has 5 heteroatoms. The Morgan fingerprint density at radius 2 is 2.19 bits per heavy atom. The number of likely N-dealkylation sites (tertiary alicyclic amines) is 1. The van der Waals surface area contributed by atoms with E-state index >= 15 is 0 Å². The zero-order chi connectivity index (χ0) is 15.4. The van der Waals surface area contributed by atoms with Gasteiger partial charge in [-0.2, -0.15) is 0 Å². The summed E-state index contributed by atoms with van der Waals surface area (Å²) in [6.45, 7) is 5.58. The Kier molecular flexibility index (Phi) is 4.96. The first-order chi connectivity index (χ1) is 9.95. The molecule has 1 heterocycles. The molecule has 0 aliphatic carbocycles. The van der Waals surface area contributed by atoms with E-state index in [1.807, 2.05) is 29.2 Å². The lowest BCUT2D eigenvalue weighted by Crippen LogP contribution is -2.32. The van der Waals surface area contributed by atoms with Gasteiger partial charge >= 0.3 is 5.97 Å². The second-order valence-corrected chi connectivity index (χ2v) is 5.89. The number of carbonyl (C=O) groups excluding carboxylic acids is 1. The molecule has 1 atom stereocenters. The molecule has 1 aliphatic heterocycles. The lowest BCUT2D eigenvalue weighted by atomic mass is 10.0. The van der Waals surface area contributed by atoms with Crippen molar-refractivity contribution in [1.82, 2.24) is 4.90 Å². The molecule has 1 unspecified atom stereocenters. The third-order valence-electron chi connectivity index (χ3n) is 3.83. The van der Waals surface area contributed by atoms with E-state index in [-0.39, 0.29) is 18.4 Å². The van der Waals surface area contributed by atoms with E-state index in [2.05, 4.69) is 19.2 Å². The minimum Gasteiger partial charge on any atom is -0.481 e. The van der Waals surface area contributed by atoms with Crippen molar-refractivity contribution in [3.8, 4) is 0 Å². The summed E-state index contributed by atoms with van der Waals surface area (Å²) >= 11 is 0. The lowest BCUT2D eigenvalue weighted by molar-refractivity contribution is -0.141. The summed E-state index contributed by atoms with van der Waals surface area (Å²) in [5.74, 6) is -0.802. The number of carbonyl (C=O) groups is 2. The molecular weight excluding hydrogens is 268 g/mol. The van der Waals surface area contributed by atoms with Crippen molar-refractivity contribution in [3.63, 3.8) is 0 Å². The molecule has 1 saturated heterocycles. The molecule has 2 rings (SSSR count). The highest BCUT2D eigenvalue weighted by atomic mass is 16.4. The SMILES string of the molecule is CC(C)c1cccc(NC(=O)CN2CCC(C(=O)O)C2)c1. The minimum atomic E-state index is -0.775. The van der Waals surface area contributed by atoms with Gasteiger partial charge in [-0.1, -0.05) is 26.0 Å². The average molecular weight is 290 g/mol. The van der Waals surface area contributed by atoms with E-state index in [9.17, 15) is 9.59 Å². The van der Waals surface area contributed by atoms with Crippen LogP contribution < -0.4 is 5.32 Å². The minimum absolute atomic E-state index is 0.0954. The molecule has 1 aromatic rings. The number of hydrogen-bond donors (Lipinski definition) is 2. The first kappa shape index (κ1) is 15.5. The van der Waals surface area contributed by atoms with E-state index in [4.69, 9.17) is 5.11 Å². The molecule has 1 aliphatic rings. The molecule has 0 saturated carbocycles. The predicted molar refractivity (Wildman–Crippen MR) is 81.3 cm³/mol. The van der Waals surface area contributed by atoms with E-state index in [0.29, 0.717) is 25.4 Å². The number of nitrogens with zero attached hydrogens (tertiary/aromatic N) is 1. The topological polar surface area (TPSA) is 69.6 Å². The molecule has 1 aromatic carbocycles. The maximum Gasteiger partial charge on any atom is 0.307 e. The zero-order valence-electron chi connectivity index (χ0n) is 12.5. The van der Waals surface area contributed by atoms with Gasteiger partial charge in [0.05, 0.1) is 12.5 Å². The Hall–Kier alpha value is -1.88. The number of nitrogens with one attached hydrogen (secondary N) is 1. The number of benzene rings is 1. The van der Waals surface area contributed by atoms with Gasteiger partial charge in [0, 0.05) is 12.2 Å². The molecule has 114 valence electrons. The van der Waals surface area contributed by atoms with Gasteiger partial charge in [-0.25, -0.2) is 0 Å². The normalized spacial score (nSPS) is 18.9. The van der Waals surface area contributed by atoms with Gasteiger partial charge < -0.3 is 10.4 Å². The smallest absolute Gasteiger partial charge is 0.307 e. The van der Waals surface area contributed by atoms with Gasteiger partial charge in [0.1, 0.15) is 0 Å². The van der Waals surface area contributed by atoms with Gasteiger partial charge in [-0.05, 0) is 36.6 Å². The van der Waals surface area contributed by atoms with Crippen molar-refractivity contribution in [3.05, 3.63) is 29.8 Å². The van der Waals surface area contributed by atoms with Crippen LogP contribution in [0, 0.1) is 5.92 Å². The Morgan fingerprint density at radius 1 is 1.43 bits per heavy atom. The fourth-order valence-electron chi connectivity index (χ4n) is 2.56. The van der Waals surface area contributed by atoms with Gasteiger partial charge in [0.15, 0.2) is 0 Å². The summed E-state index contributed by atoms with van der Waals surface area (Å²) < 4.78 is 0. The summed E-state index contributed by atoms with van der Waals surface area (Å²) in [6.07, 6.45) is 0.617. The van der Waals surface area contributed by atoms with Crippen LogP contribution in [0.15, 0.2) is 24.3 Å². The fourth-order valence-corrected chi connectivity index (χ4v) is 2.56. The van der Waals surface area contributed by atoms with E-state index < -0.39 is 5.97 Å². The van der Waals surface area contributed by atoms with Crippen LogP contribution in [0.3, 0.4) is 0 Å². The number of aliphatic carboxylic acids is 1. The maximum absolute atomic E-state index is 12.0. The van der Waals surface area contributed by atoms with Crippen molar-refractivity contribution in [2.24, 2.45) is 5.92 Å². The van der Waals surface area contributed by atoms with Gasteiger partial charge in [-0.3, -0.25) is 14.5 Å². The van der Waals surface area contributed by atoms with Crippen LogP contribution in [-0.4, -0.2) is 41.5 Å². The third kappa shape index (κ3) is 4.29. The maximum atomic E-state index is 12.0. The van der Waals surface area contributed by atoms with Crippen LogP contribution in [0.25, 0.3) is 0 Å². The molecule has 0 radical (unpaired) electrons. The fraction of sp³-hybridized carbons (Fsp3) is 0.500. The summed E-state index contributed by atoms with van der Waals surface area (Å²) in [4.78, 5) is 24.8. The van der Waals surface area contributed by atoms with Crippen molar-refractivity contribution in [2.45, 2.75) is 26.2 Å². The van der Waals surface area contributed by atoms with Crippen molar-refractivity contribution in [1.29, 1.82) is 0 Å². The highest BCUT2D eigenvalue weighted by molar-refractivity contribution is 5.92. The van der Waals surface area contributed by atoms with Gasteiger partial charge in [0.25, 0.3) is 0 Å². The summed E-state index contributed by atoms with van der Waals surface area (Å²) in [6, 6.07) is 7.82. The van der Waals surface area contributed by atoms with E-state index in [1.165, 1.54) is 5.56 Å². The predicted octanol–water partition coefficient (Wildman–Crippen LogP) is 2.16. The lowest BCUT2D eigenvalue weighted by Gasteiger charge is -2.15. The second-order valence-electron chi connectivity index (χ2n) is 5.89. The Balaban J connectivity index is 1.88. The first-order valence-corrected chi connectivity index (χ1v) is 7.30. The largest absolute Gasteiger partial charge is 0.481 e. The number of hydrogen-bond acceptors (Lipinski definition) is 3. The number of amides is 1. The average Bonchev–Trinajstić information content (AvgIpc) is 2.87. The molecule has 5 nitrogen and oxygen atoms in total. The van der Waals surface area contributed by atoms with Crippen molar-refractivity contribution in [2.75, 3.05) is 25.0 Å². The van der Waals surface area contributed by atoms with Crippen LogP contribution in [0.2, 0.25) is 0 Å². The van der Waals surface area contributed by atoms with Crippen molar-refractivity contribution < 1.29 is 14.7 Å². The number of rotatable bonds is 5. The Bertz CT molecular complexity index is 528. The van der Waals surface area contributed by atoms with Crippen molar-refractivity contribution >= 4 is 17.6 Å². The highest BCUT2D eigenvalue weighted by Crippen LogP contribution is 2.19. The van der Waals surface area contributed by atoms with Crippen LogP contribution >= 0.6 is 0 Å². The molecule has 0 aromatic heterocycles. The molecule has 2 N–H and O–H groups in total. The molecule has 1 amide bonds. The Morgan fingerprint density at radius 3 is 2.81 bits per heavy atom. The molecule has 1 fully saturated rings. The van der Waals surface area contributed by atoms with Crippen LogP contribution in [-0.2, 0) is 9.59 Å². The van der Waals surface area contributed by atoms with Crippen LogP contribution in [0.5, 0.6) is 0 Å². The van der Waals surface area contributed by atoms with Gasteiger partial charge in [0.2, 0.25) is 5.91 Å². The molecular formula is C16H22N2O3. The number of anilines is 1. The third-order valence-corrected chi connectivity index (χ3v) is 3.83. The highest BCUT2D eigenvalue weighted by Gasteiger charge is 2.28. The van der Waals surface area contributed by atoms with E-state index in [0.717, 1.165) is 5.69 Å². The monoisotopic (exact) mass is 290 g/mol. The second kappa shape index (κ2) is 6.72. The number of carboxylic acids is 1. The molecule has 21 heavy (non-hydrogen) atoms. The summed E-state index contributed by atoms with van der Waals surface area (Å²) in [7, 11) is 0. The molecule has 0 spiro atoms. The summed E-state index contributed by atoms with van der Waals surface area (Å²) in [5.41, 5.74) is 1.97. The van der Waals surface area contributed by atoms with Gasteiger partial charge in [-0.15, -0.1) is 0 Å². The first-order valence-electron chi connectivity index (χ1n) is 7.30. The van der Waals surface area contributed by atoms with E-state index in [1.54, 1.807) is 0 Å². The zero-order valence-corrected chi connectivity index (χ0v) is 12.5. The molecule has 0 bridgehead atoms. The summed E-state index contributed by atoms with van der Waals surface area (Å²) in [5, 5.41) is 11.8. The van der Waals surface area contributed by atoms with Crippen LogP contribution in [0.1, 0.15) is 31.7 Å². The quantitative estimate of drug-likeness (QED) is 0.872.